The highest BCUT2D eigenvalue weighted by molar-refractivity contribution is 8.13. The van der Waals surface area contributed by atoms with Crippen LogP contribution in [-0.2, 0) is 14.4 Å². The van der Waals surface area contributed by atoms with Gasteiger partial charge in [-0.1, -0.05) is 47.2 Å². The molecule has 1 amide bonds. The number of thioether (sulfide) groups is 2. The molecule has 3 aromatic carbocycles. The minimum atomic E-state index is -0.548. The number of nitro groups is 1. The van der Waals surface area contributed by atoms with Crippen LogP contribution in [0.3, 0.4) is 0 Å². The molecule has 0 aromatic heterocycles. The van der Waals surface area contributed by atoms with Gasteiger partial charge in [-0.25, -0.2) is 0 Å². The van der Waals surface area contributed by atoms with Crippen molar-refractivity contribution in [3.63, 3.8) is 0 Å². The van der Waals surface area contributed by atoms with E-state index in [9.17, 15) is 24.5 Å². The fourth-order valence-corrected chi connectivity index (χ4v) is 4.27. The van der Waals surface area contributed by atoms with E-state index in [2.05, 4.69) is 29.0 Å². The Morgan fingerprint density at radius 3 is 1.59 bits per heavy atom. The Morgan fingerprint density at radius 1 is 0.730 bits per heavy atom. The molecule has 3 aromatic rings. The topological polar surface area (TPSA) is 106 Å². The highest BCUT2D eigenvalue weighted by atomic mass is 32.2. The average molecular weight is 529 g/mol. The summed E-state index contributed by atoms with van der Waals surface area (Å²) in [5, 5.41) is 14.4. The predicted molar refractivity (Wildman–Crippen MR) is 145 cm³/mol. The number of carbonyl (C=O) groups excluding carboxylic acids is 3. The van der Waals surface area contributed by atoms with Crippen LogP contribution < -0.4 is 5.32 Å². The first kappa shape index (κ1) is 27.3. The van der Waals surface area contributed by atoms with Crippen LogP contribution in [0.1, 0.15) is 43.0 Å². The third-order valence-electron chi connectivity index (χ3n) is 4.56. The van der Waals surface area contributed by atoms with E-state index < -0.39 is 4.92 Å². The normalized spacial score (nSPS) is 9.81. The molecule has 3 rings (SSSR count). The van der Waals surface area contributed by atoms with Crippen LogP contribution >= 0.6 is 23.5 Å². The average Bonchev–Trinajstić information content (AvgIpc) is 2.82. The summed E-state index contributed by atoms with van der Waals surface area (Å²) in [6.45, 7) is 4.29. The van der Waals surface area contributed by atoms with Gasteiger partial charge in [-0.15, -0.1) is 0 Å². The Hall–Kier alpha value is -4.31. The Labute approximate surface area is 222 Å². The zero-order valence-electron chi connectivity index (χ0n) is 20.1. The third kappa shape index (κ3) is 8.39. The Kier molecular flexibility index (Phi) is 9.28. The minimum absolute atomic E-state index is 0.0294. The van der Waals surface area contributed by atoms with Crippen molar-refractivity contribution in [3.8, 4) is 23.7 Å². The Balaban J connectivity index is 1.98. The van der Waals surface area contributed by atoms with Crippen LogP contribution in [-0.4, -0.2) is 21.1 Å². The highest BCUT2D eigenvalue weighted by Crippen LogP contribution is 2.27. The SMILES string of the molecule is CC(=O)Nc1cc(C#Cc2ccc(SC(C)=O)cc2)c([N+](=O)[O-])cc1C#Cc1ccc(SC(C)=O)cc1. The molecule has 9 heteroatoms. The molecule has 0 unspecified atom stereocenters. The first-order valence-electron chi connectivity index (χ1n) is 10.8. The van der Waals surface area contributed by atoms with Crippen molar-refractivity contribution in [2.45, 2.75) is 30.6 Å². The van der Waals surface area contributed by atoms with Gasteiger partial charge in [0.1, 0.15) is 5.56 Å². The molecular weight excluding hydrogens is 508 g/mol. The number of hydrogen-bond donors (Lipinski definition) is 1. The molecule has 7 nitrogen and oxygen atoms in total. The van der Waals surface area contributed by atoms with E-state index in [-0.39, 0.29) is 33.0 Å². The van der Waals surface area contributed by atoms with Crippen LogP contribution in [0, 0.1) is 33.8 Å². The molecular formula is C28H20N2O5S2. The van der Waals surface area contributed by atoms with Crippen LogP contribution in [0.5, 0.6) is 0 Å². The molecule has 0 aliphatic rings. The second-order valence-corrected chi connectivity index (χ2v) is 10.1. The second-order valence-electron chi connectivity index (χ2n) is 7.59. The number of nitrogens with zero attached hydrogens (tertiary/aromatic N) is 1. The molecule has 0 heterocycles. The van der Waals surface area contributed by atoms with Crippen LogP contribution in [0.25, 0.3) is 0 Å². The molecule has 37 heavy (non-hydrogen) atoms. The highest BCUT2D eigenvalue weighted by Gasteiger charge is 2.17. The van der Waals surface area contributed by atoms with Gasteiger partial charge in [0, 0.05) is 47.8 Å². The van der Waals surface area contributed by atoms with Crippen molar-refractivity contribution in [1.82, 2.24) is 0 Å². The second kappa shape index (κ2) is 12.6. The molecule has 1 N–H and O–H groups in total. The van der Waals surface area contributed by atoms with Crippen molar-refractivity contribution in [3.05, 3.63) is 93.0 Å². The first-order valence-corrected chi connectivity index (χ1v) is 12.4. The number of nitrogens with one attached hydrogen (secondary N) is 1. The molecule has 0 aliphatic carbocycles. The summed E-state index contributed by atoms with van der Waals surface area (Å²) in [6, 6.07) is 16.7. The van der Waals surface area contributed by atoms with Crippen molar-refractivity contribution >= 4 is 51.0 Å². The van der Waals surface area contributed by atoms with Gasteiger partial charge >= 0.3 is 0 Å². The number of carbonyl (C=O) groups is 3. The molecule has 184 valence electrons. The standard InChI is InChI=1S/C28H20N2O5S2/c1-18(31)29-27-16-24(11-5-22-8-14-26(15-9-22)37-20(3)33)28(30(34)35)17-23(27)10-4-21-6-12-25(13-7-21)36-19(2)32/h6-9,12-17H,1-3H3,(H,29,31). The third-order valence-corrected chi connectivity index (χ3v) is 6.15. The fourth-order valence-electron chi connectivity index (χ4n) is 3.06. The summed E-state index contributed by atoms with van der Waals surface area (Å²) in [4.78, 5) is 47.1. The minimum Gasteiger partial charge on any atom is -0.325 e. The lowest BCUT2D eigenvalue weighted by Gasteiger charge is -2.07. The van der Waals surface area contributed by atoms with Crippen LogP contribution in [0.2, 0.25) is 0 Å². The van der Waals surface area contributed by atoms with Gasteiger partial charge in [-0.05, 0) is 54.6 Å². The lowest BCUT2D eigenvalue weighted by atomic mass is 10.1. The van der Waals surface area contributed by atoms with Crippen LogP contribution in [0.4, 0.5) is 11.4 Å². The molecule has 0 bridgehead atoms. The molecule has 0 radical (unpaired) electrons. The van der Waals surface area contributed by atoms with Gasteiger partial charge < -0.3 is 5.32 Å². The quantitative estimate of drug-likeness (QED) is 0.202. The fraction of sp³-hybridized carbons (Fsp3) is 0.107. The van der Waals surface area contributed by atoms with E-state index in [1.165, 1.54) is 32.9 Å². The smallest absolute Gasteiger partial charge is 0.286 e. The number of amides is 1. The van der Waals surface area contributed by atoms with E-state index in [0.717, 1.165) is 33.3 Å². The summed E-state index contributed by atoms with van der Waals surface area (Å²) in [5.41, 5.74) is 1.68. The van der Waals surface area contributed by atoms with E-state index in [1.807, 2.05) is 0 Å². The largest absolute Gasteiger partial charge is 0.325 e. The number of rotatable bonds is 4. The van der Waals surface area contributed by atoms with Gasteiger partial charge in [0.25, 0.3) is 5.69 Å². The van der Waals surface area contributed by atoms with Gasteiger partial charge in [0.05, 0.1) is 16.2 Å². The summed E-state index contributed by atoms with van der Waals surface area (Å²) in [7, 11) is 0. The number of anilines is 1. The van der Waals surface area contributed by atoms with E-state index in [0.29, 0.717) is 16.8 Å². The predicted octanol–water partition coefficient (Wildman–Crippen LogP) is 5.63. The molecule has 0 fully saturated rings. The van der Waals surface area contributed by atoms with Crippen molar-refractivity contribution in [1.29, 1.82) is 0 Å². The Bertz CT molecular complexity index is 1510. The maximum atomic E-state index is 11.8. The number of nitro benzene ring substituents is 1. The van der Waals surface area contributed by atoms with Crippen LogP contribution in [0.15, 0.2) is 70.5 Å². The summed E-state index contributed by atoms with van der Waals surface area (Å²) in [6.07, 6.45) is 0. The summed E-state index contributed by atoms with van der Waals surface area (Å²) in [5.74, 6) is 11.2. The van der Waals surface area contributed by atoms with Crippen molar-refractivity contribution in [2.24, 2.45) is 0 Å². The molecule has 0 atom stereocenters. The van der Waals surface area contributed by atoms with Gasteiger partial charge in [0.15, 0.2) is 10.2 Å². The zero-order chi connectivity index (χ0) is 26.9. The monoisotopic (exact) mass is 528 g/mol. The lowest BCUT2D eigenvalue weighted by molar-refractivity contribution is -0.385. The first-order chi connectivity index (χ1) is 17.6. The summed E-state index contributed by atoms with van der Waals surface area (Å²) >= 11 is 2.21. The lowest BCUT2D eigenvalue weighted by Crippen LogP contribution is -2.08. The van der Waals surface area contributed by atoms with Gasteiger partial charge in [-0.2, -0.15) is 0 Å². The molecule has 0 spiro atoms. The van der Waals surface area contributed by atoms with Crippen molar-refractivity contribution in [2.75, 3.05) is 5.32 Å². The maximum absolute atomic E-state index is 11.8. The number of benzene rings is 3. The zero-order valence-corrected chi connectivity index (χ0v) is 21.7. The maximum Gasteiger partial charge on any atom is 0.286 e. The molecule has 0 aliphatic heterocycles. The number of hydrogen-bond acceptors (Lipinski definition) is 7. The molecule has 0 saturated heterocycles. The van der Waals surface area contributed by atoms with Gasteiger partial charge in [-0.3, -0.25) is 24.5 Å². The van der Waals surface area contributed by atoms with Crippen molar-refractivity contribution < 1.29 is 19.3 Å². The summed E-state index contributed by atoms with van der Waals surface area (Å²) < 4.78 is 0. The van der Waals surface area contributed by atoms with Gasteiger partial charge in [0.2, 0.25) is 5.91 Å². The molecule has 0 saturated carbocycles. The van der Waals surface area contributed by atoms with E-state index >= 15 is 0 Å². The Morgan fingerprint density at radius 2 is 1.19 bits per heavy atom. The van der Waals surface area contributed by atoms with E-state index in [1.54, 1.807) is 48.5 Å². The van der Waals surface area contributed by atoms with E-state index in [4.69, 9.17) is 0 Å².